The summed E-state index contributed by atoms with van der Waals surface area (Å²) in [7, 11) is 0. The lowest BCUT2D eigenvalue weighted by Gasteiger charge is -2.33. The second kappa shape index (κ2) is 4.15. The summed E-state index contributed by atoms with van der Waals surface area (Å²) in [6.45, 7) is 4.32. The summed E-state index contributed by atoms with van der Waals surface area (Å²) >= 11 is 8.51. The minimum absolute atomic E-state index is 0.142. The highest BCUT2D eigenvalue weighted by Crippen LogP contribution is 2.49. The molecule has 1 aromatic carbocycles. The molecule has 0 bridgehead atoms. The summed E-state index contributed by atoms with van der Waals surface area (Å²) in [6.07, 6.45) is 1.13. The Hall–Kier alpha value is -0.790. The number of rotatable bonds is 2. The zero-order valence-corrected chi connectivity index (χ0v) is 11.6. The van der Waals surface area contributed by atoms with Crippen LogP contribution in [0.1, 0.15) is 37.7 Å². The van der Waals surface area contributed by atoms with Gasteiger partial charge in [-0.3, -0.25) is 0 Å². The third-order valence-corrected chi connectivity index (χ3v) is 5.46. The molecule has 3 rings (SSSR count). The number of alkyl halides is 1. The predicted molar refractivity (Wildman–Crippen MR) is 75.3 cm³/mol. The van der Waals surface area contributed by atoms with Crippen molar-refractivity contribution in [3.63, 3.8) is 0 Å². The van der Waals surface area contributed by atoms with Crippen molar-refractivity contribution in [2.75, 3.05) is 0 Å². The van der Waals surface area contributed by atoms with Gasteiger partial charge in [-0.2, -0.15) is 0 Å². The topological polar surface area (TPSA) is 0 Å². The first-order valence-corrected chi connectivity index (χ1v) is 7.21. The molecule has 2 atom stereocenters. The van der Waals surface area contributed by atoms with Crippen molar-refractivity contribution >= 4 is 22.9 Å². The summed E-state index contributed by atoms with van der Waals surface area (Å²) in [5.41, 5.74) is 4.25. The highest BCUT2D eigenvalue weighted by Gasteiger charge is 2.33. The van der Waals surface area contributed by atoms with Crippen LogP contribution in [0.2, 0.25) is 0 Å². The fraction of sp³-hybridized carbons (Fsp3) is 0.333. The monoisotopic (exact) mass is 262 g/mol. The largest absolute Gasteiger partial charge is 0.144 e. The Kier molecular flexibility index (Phi) is 2.76. The Labute approximate surface area is 111 Å². The van der Waals surface area contributed by atoms with Gasteiger partial charge in [0.05, 0.1) is 5.38 Å². The van der Waals surface area contributed by atoms with E-state index >= 15 is 0 Å². The molecule has 0 saturated heterocycles. The number of benzene rings is 1. The standard InChI is InChI=1S/C15H15ClS/c1-9-7-10(2)17-15(9)14(16)13-8-11-5-3-4-6-12(11)13/h3-7,13-14H,8H2,1-2H3. The average Bonchev–Trinajstić information content (AvgIpc) is 2.59. The Balaban J connectivity index is 1.91. The van der Waals surface area contributed by atoms with Gasteiger partial charge in [0.25, 0.3) is 0 Å². The van der Waals surface area contributed by atoms with Gasteiger partial charge in [-0.15, -0.1) is 22.9 Å². The predicted octanol–water partition coefficient (Wildman–Crippen LogP) is 4.98. The molecule has 2 aromatic rings. The first kappa shape index (κ1) is 11.3. The van der Waals surface area contributed by atoms with Crippen LogP contribution in [0.4, 0.5) is 0 Å². The maximum Gasteiger partial charge on any atom is 0.0752 e. The third kappa shape index (κ3) is 1.82. The molecule has 0 aliphatic heterocycles. The highest BCUT2D eigenvalue weighted by molar-refractivity contribution is 7.12. The molecule has 0 radical (unpaired) electrons. The van der Waals surface area contributed by atoms with Crippen LogP contribution in [0.25, 0.3) is 0 Å². The van der Waals surface area contributed by atoms with Gasteiger partial charge in [0, 0.05) is 15.7 Å². The lowest BCUT2D eigenvalue weighted by atomic mass is 9.75. The summed E-state index contributed by atoms with van der Waals surface area (Å²) in [6, 6.07) is 10.9. The number of halogens is 1. The lowest BCUT2D eigenvalue weighted by molar-refractivity contribution is 0.591. The zero-order valence-electron chi connectivity index (χ0n) is 10.0. The minimum Gasteiger partial charge on any atom is -0.144 e. The van der Waals surface area contributed by atoms with Gasteiger partial charge in [0.15, 0.2) is 0 Å². The molecule has 1 aliphatic carbocycles. The van der Waals surface area contributed by atoms with Gasteiger partial charge in [-0.1, -0.05) is 24.3 Å². The smallest absolute Gasteiger partial charge is 0.0752 e. The molecular formula is C15H15ClS. The van der Waals surface area contributed by atoms with E-state index < -0.39 is 0 Å². The van der Waals surface area contributed by atoms with Gasteiger partial charge < -0.3 is 0 Å². The van der Waals surface area contributed by atoms with E-state index in [0.717, 1.165) is 6.42 Å². The van der Waals surface area contributed by atoms with Crippen molar-refractivity contribution in [3.8, 4) is 0 Å². The average molecular weight is 263 g/mol. The SMILES string of the molecule is Cc1cc(C)c(C(Cl)C2Cc3ccccc32)s1. The number of thiophene rings is 1. The fourth-order valence-corrected chi connectivity index (χ4v) is 4.28. The zero-order chi connectivity index (χ0) is 12.0. The van der Waals surface area contributed by atoms with Crippen LogP contribution in [0.3, 0.4) is 0 Å². The molecule has 0 saturated carbocycles. The minimum atomic E-state index is 0.142. The number of hydrogen-bond donors (Lipinski definition) is 0. The van der Waals surface area contributed by atoms with E-state index in [1.807, 2.05) is 11.3 Å². The van der Waals surface area contributed by atoms with E-state index in [4.69, 9.17) is 11.6 Å². The van der Waals surface area contributed by atoms with E-state index in [0.29, 0.717) is 5.92 Å². The molecule has 17 heavy (non-hydrogen) atoms. The number of fused-ring (bicyclic) bond motifs is 1. The van der Waals surface area contributed by atoms with Crippen molar-refractivity contribution in [1.82, 2.24) is 0 Å². The Morgan fingerprint density at radius 2 is 2.06 bits per heavy atom. The lowest BCUT2D eigenvalue weighted by Crippen LogP contribution is -2.20. The third-order valence-electron chi connectivity index (χ3n) is 3.58. The molecule has 0 fully saturated rings. The quantitative estimate of drug-likeness (QED) is 0.669. The molecule has 1 heterocycles. The fourth-order valence-electron chi connectivity index (χ4n) is 2.67. The van der Waals surface area contributed by atoms with E-state index in [9.17, 15) is 0 Å². The van der Waals surface area contributed by atoms with E-state index in [1.165, 1.54) is 26.4 Å². The van der Waals surface area contributed by atoms with E-state index in [-0.39, 0.29) is 5.38 Å². The van der Waals surface area contributed by atoms with Crippen molar-refractivity contribution in [1.29, 1.82) is 0 Å². The van der Waals surface area contributed by atoms with Gasteiger partial charge in [-0.25, -0.2) is 0 Å². The molecule has 0 nitrogen and oxygen atoms in total. The molecule has 2 heteroatoms. The van der Waals surface area contributed by atoms with Crippen LogP contribution in [0.15, 0.2) is 30.3 Å². The van der Waals surface area contributed by atoms with Crippen molar-refractivity contribution in [2.45, 2.75) is 31.6 Å². The molecule has 0 amide bonds. The number of aryl methyl sites for hydroxylation is 2. The summed E-state index contributed by atoms with van der Waals surface area (Å²) in [5, 5.41) is 0.142. The first-order valence-electron chi connectivity index (χ1n) is 5.95. The van der Waals surface area contributed by atoms with Crippen molar-refractivity contribution in [3.05, 3.63) is 56.8 Å². The second-order valence-electron chi connectivity index (χ2n) is 4.82. The van der Waals surface area contributed by atoms with Gasteiger partial charge in [0.2, 0.25) is 0 Å². The Morgan fingerprint density at radius 1 is 1.29 bits per heavy atom. The molecule has 88 valence electrons. The van der Waals surface area contributed by atoms with Crippen LogP contribution < -0.4 is 0 Å². The Morgan fingerprint density at radius 3 is 2.71 bits per heavy atom. The maximum absolute atomic E-state index is 6.66. The van der Waals surface area contributed by atoms with Gasteiger partial charge in [-0.05, 0) is 43.0 Å². The van der Waals surface area contributed by atoms with Crippen LogP contribution in [-0.4, -0.2) is 0 Å². The summed E-state index contributed by atoms with van der Waals surface area (Å²) in [5.74, 6) is 0.504. The van der Waals surface area contributed by atoms with Crippen LogP contribution in [-0.2, 0) is 6.42 Å². The van der Waals surface area contributed by atoms with Crippen LogP contribution in [0.5, 0.6) is 0 Å². The van der Waals surface area contributed by atoms with Gasteiger partial charge in [0.1, 0.15) is 0 Å². The maximum atomic E-state index is 6.66. The van der Waals surface area contributed by atoms with Crippen LogP contribution in [0, 0.1) is 13.8 Å². The molecule has 0 spiro atoms. The molecular weight excluding hydrogens is 248 g/mol. The summed E-state index contributed by atoms with van der Waals surface area (Å²) < 4.78 is 0. The normalized spacial score (nSPS) is 19.6. The Bertz CT molecular complexity index is 556. The van der Waals surface area contributed by atoms with Crippen LogP contribution >= 0.6 is 22.9 Å². The summed E-state index contributed by atoms with van der Waals surface area (Å²) in [4.78, 5) is 2.71. The molecule has 2 unspecified atom stereocenters. The number of hydrogen-bond acceptors (Lipinski definition) is 1. The molecule has 1 aromatic heterocycles. The van der Waals surface area contributed by atoms with Crippen molar-refractivity contribution < 1.29 is 0 Å². The molecule has 0 N–H and O–H groups in total. The van der Waals surface area contributed by atoms with Crippen molar-refractivity contribution in [2.24, 2.45) is 0 Å². The first-order chi connectivity index (χ1) is 8.16. The van der Waals surface area contributed by atoms with E-state index in [1.54, 1.807) is 0 Å². The highest BCUT2D eigenvalue weighted by atomic mass is 35.5. The van der Waals surface area contributed by atoms with Gasteiger partial charge >= 0.3 is 0 Å². The van der Waals surface area contributed by atoms with E-state index in [2.05, 4.69) is 44.2 Å². The molecule has 1 aliphatic rings. The second-order valence-corrected chi connectivity index (χ2v) is 6.57.